The molecule has 92 valence electrons. The number of phenolic OH excluding ortho intramolecular Hbond substituents is 2. The van der Waals surface area contributed by atoms with Gasteiger partial charge >= 0.3 is 5.91 Å². The molecule has 0 fully saturated rings. The largest absolute Gasteiger partial charge is 0.504 e. The highest BCUT2D eigenvalue weighted by Crippen LogP contribution is 2.23. The average molecular weight is 246 g/mol. The Labute approximate surface area is 102 Å². The third-order valence-electron chi connectivity index (χ3n) is 2.12. The molecule has 3 N–H and O–H groups in total. The van der Waals surface area contributed by atoms with Crippen molar-refractivity contribution in [2.75, 3.05) is 0 Å². The van der Waals surface area contributed by atoms with Gasteiger partial charge in [0.15, 0.2) is 17.3 Å². The van der Waals surface area contributed by atoms with Crippen molar-refractivity contribution in [3.63, 3.8) is 0 Å². The van der Waals surface area contributed by atoms with E-state index in [9.17, 15) is 9.90 Å². The van der Waals surface area contributed by atoms with Crippen LogP contribution in [-0.4, -0.2) is 22.3 Å². The summed E-state index contributed by atoms with van der Waals surface area (Å²) in [6.07, 6.45) is 2.72. The van der Waals surface area contributed by atoms with E-state index >= 15 is 0 Å². The number of carbonyl (C=O) groups is 1. The number of phenols is 2. The topological polar surface area (TPSA) is 95.1 Å². The number of nitrogens with zero attached hydrogens (tertiary/aromatic N) is 1. The quantitative estimate of drug-likeness (QED) is 0.434. The lowest BCUT2D eigenvalue weighted by atomic mass is 10.2. The number of furan rings is 1. The first-order valence-corrected chi connectivity index (χ1v) is 5.06. The van der Waals surface area contributed by atoms with Crippen LogP contribution in [0.4, 0.5) is 0 Å². The predicted molar refractivity (Wildman–Crippen MR) is 63.5 cm³/mol. The van der Waals surface area contributed by atoms with Gasteiger partial charge in [0.1, 0.15) is 0 Å². The van der Waals surface area contributed by atoms with Crippen molar-refractivity contribution in [1.29, 1.82) is 0 Å². The summed E-state index contributed by atoms with van der Waals surface area (Å²) in [6.45, 7) is 0. The zero-order valence-corrected chi connectivity index (χ0v) is 9.20. The van der Waals surface area contributed by atoms with Crippen LogP contribution in [0.15, 0.2) is 46.1 Å². The first kappa shape index (κ1) is 11.7. The molecule has 0 aliphatic rings. The van der Waals surface area contributed by atoms with E-state index in [0.29, 0.717) is 5.56 Å². The minimum atomic E-state index is -0.473. The number of carbonyl (C=O) groups excluding carboxylic acids is 1. The van der Waals surface area contributed by atoms with Crippen LogP contribution in [0.3, 0.4) is 0 Å². The number of nitrogens with one attached hydrogen (secondary N) is 1. The van der Waals surface area contributed by atoms with Gasteiger partial charge in [-0.05, 0) is 35.9 Å². The molecule has 0 saturated carbocycles. The fourth-order valence-corrected chi connectivity index (χ4v) is 1.25. The Morgan fingerprint density at radius 2 is 2.11 bits per heavy atom. The van der Waals surface area contributed by atoms with Crippen molar-refractivity contribution in [3.05, 3.63) is 47.9 Å². The van der Waals surface area contributed by atoms with Crippen molar-refractivity contribution in [2.24, 2.45) is 5.10 Å². The Hall–Kier alpha value is -2.76. The molecule has 0 bridgehead atoms. The maximum absolute atomic E-state index is 11.4. The number of benzene rings is 1. The fraction of sp³-hybridized carbons (Fsp3) is 0. The molecule has 2 rings (SSSR count). The number of aromatic hydroxyl groups is 2. The molecule has 0 aliphatic carbocycles. The molecule has 0 radical (unpaired) electrons. The predicted octanol–water partition coefficient (Wildman–Crippen LogP) is 1.45. The third-order valence-corrected chi connectivity index (χ3v) is 2.12. The molecule has 0 unspecified atom stereocenters. The van der Waals surface area contributed by atoms with Crippen LogP contribution in [0.1, 0.15) is 16.1 Å². The molecule has 0 aliphatic heterocycles. The smallest absolute Gasteiger partial charge is 0.307 e. The lowest BCUT2D eigenvalue weighted by Crippen LogP contribution is -2.16. The lowest BCUT2D eigenvalue weighted by Gasteiger charge is -1.98. The van der Waals surface area contributed by atoms with Gasteiger partial charge in [0.2, 0.25) is 0 Å². The van der Waals surface area contributed by atoms with E-state index in [0.717, 1.165) is 0 Å². The molecule has 1 amide bonds. The van der Waals surface area contributed by atoms with Crippen molar-refractivity contribution < 1.29 is 19.4 Å². The van der Waals surface area contributed by atoms with E-state index in [-0.39, 0.29) is 17.3 Å². The maximum Gasteiger partial charge on any atom is 0.307 e. The van der Waals surface area contributed by atoms with Gasteiger partial charge in [0.25, 0.3) is 0 Å². The molecule has 0 spiro atoms. The second-order valence-electron chi connectivity index (χ2n) is 3.42. The molecular formula is C12H10N2O4. The molecule has 1 aromatic heterocycles. The highest BCUT2D eigenvalue weighted by atomic mass is 16.3. The SMILES string of the molecule is O=C(N/N=C/c1ccc(O)c(O)c1)c1ccco1. The van der Waals surface area contributed by atoms with Gasteiger partial charge in [-0.2, -0.15) is 5.10 Å². The highest BCUT2D eigenvalue weighted by molar-refractivity contribution is 5.92. The first-order valence-electron chi connectivity index (χ1n) is 5.06. The van der Waals surface area contributed by atoms with Crippen LogP contribution < -0.4 is 5.43 Å². The number of hydrogen-bond acceptors (Lipinski definition) is 5. The number of amides is 1. The minimum Gasteiger partial charge on any atom is -0.504 e. The second-order valence-corrected chi connectivity index (χ2v) is 3.42. The van der Waals surface area contributed by atoms with Crippen LogP contribution in [0.25, 0.3) is 0 Å². The first-order chi connectivity index (χ1) is 8.66. The van der Waals surface area contributed by atoms with Crippen LogP contribution in [0, 0.1) is 0 Å². The molecule has 0 atom stereocenters. The van der Waals surface area contributed by atoms with Crippen molar-refractivity contribution in [1.82, 2.24) is 5.43 Å². The Morgan fingerprint density at radius 1 is 1.28 bits per heavy atom. The summed E-state index contributed by atoms with van der Waals surface area (Å²) in [5.74, 6) is -0.789. The Kier molecular flexibility index (Phi) is 3.29. The second kappa shape index (κ2) is 5.05. The number of rotatable bonds is 3. The summed E-state index contributed by atoms with van der Waals surface area (Å²) in [5, 5.41) is 22.0. The summed E-state index contributed by atoms with van der Waals surface area (Å²) in [7, 11) is 0. The number of hydrogen-bond donors (Lipinski definition) is 3. The molecule has 1 aromatic carbocycles. The van der Waals surface area contributed by atoms with Crippen molar-refractivity contribution in [2.45, 2.75) is 0 Å². The van der Waals surface area contributed by atoms with E-state index in [2.05, 4.69) is 10.5 Å². The average Bonchev–Trinajstić information content (AvgIpc) is 2.87. The molecule has 6 nitrogen and oxygen atoms in total. The van der Waals surface area contributed by atoms with Gasteiger partial charge in [-0.15, -0.1) is 0 Å². The van der Waals surface area contributed by atoms with Crippen LogP contribution in [0.5, 0.6) is 11.5 Å². The van der Waals surface area contributed by atoms with Gasteiger partial charge in [0.05, 0.1) is 12.5 Å². The lowest BCUT2D eigenvalue weighted by molar-refractivity contribution is 0.0927. The van der Waals surface area contributed by atoms with E-state index in [1.165, 1.54) is 36.7 Å². The van der Waals surface area contributed by atoms with Crippen LogP contribution >= 0.6 is 0 Å². The van der Waals surface area contributed by atoms with E-state index in [1.807, 2.05) is 0 Å². The summed E-state index contributed by atoms with van der Waals surface area (Å²) in [5.41, 5.74) is 2.79. The third kappa shape index (κ3) is 2.67. The van der Waals surface area contributed by atoms with Gasteiger partial charge in [-0.1, -0.05) is 0 Å². The monoisotopic (exact) mass is 246 g/mol. The number of hydrazone groups is 1. The van der Waals surface area contributed by atoms with E-state index in [1.54, 1.807) is 6.07 Å². The fourth-order valence-electron chi connectivity index (χ4n) is 1.25. The summed E-state index contributed by atoms with van der Waals surface area (Å²) in [6, 6.07) is 7.29. The van der Waals surface area contributed by atoms with Gasteiger partial charge in [0, 0.05) is 0 Å². The highest BCUT2D eigenvalue weighted by Gasteiger charge is 2.05. The molecule has 6 heteroatoms. The van der Waals surface area contributed by atoms with E-state index in [4.69, 9.17) is 9.52 Å². The molecular weight excluding hydrogens is 236 g/mol. The maximum atomic E-state index is 11.4. The van der Waals surface area contributed by atoms with Crippen LogP contribution in [-0.2, 0) is 0 Å². The molecule has 1 heterocycles. The summed E-state index contributed by atoms with van der Waals surface area (Å²) < 4.78 is 4.87. The Balaban J connectivity index is 1.99. The molecule has 0 saturated heterocycles. The standard InChI is InChI=1S/C12H10N2O4/c15-9-4-3-8(6-10(9)16)7-13-14-12(17)11-2-1-5-18-11/h1-7,15-16H,(H,14,17)/b13-7+. The Bertz CT molecular complexity index is 576. The van der Waals surface area contributed by atoms with E-state index < -0.39 is 5.91 Å². The van der Waals surface area contributed by atoms with Crippen molar-refractivity contribution >= 4 is 12.1 Å². The van der Waals surface area contributed by atoms with Crippen LogP contribution in [0.2, 0.25) is 0 Å². The zero-order valence-electron chi connectivity index (χ0n) is 9.20. The normalized spacial score (nSPS) is 10.7. The Morgan fingerprint density at radius 3 is 2.78 bits per heavy atom. The zero-order chi connectivity index (χ0) is 13.0. The summed E-state index contributed by atoms with van der Waals surface area (Å²) >= 11 is 0. The van der Waals surface area contributed by atoms with Gasteiger partial charge in [-0.25, -0.2) is 5.43 Å². The molecule has 18 heavy (non-hydrogen) atoms. The molecule has 2 aromatic rings. The van der Waals surface area contributed by atoms with Gasteiger partial charge < -0.3 is 14.6 Å². The minimum absolute atomic E-state index is 0.153. The van der Waals surface area contributed by atoms with Crippen molar-refractivity contribution in [3.8, 4) is 11.5 Å². The summed E-state index contributed by atoms with van der Waals surface area (Å²) in [4.78, 5) is 11.4. The van der Waals surface area contributed by atoms with Gasteiger partial charge in [-0.3, -0.25) is 4.79 Å².